The summed E-state index contributed by atoms with van der Waals surface area (Å²) in [4.78, 5) is 2.10. The first kappa shape index (κ1) is 13.1. The summed E-state index contributed by atoms with van der Waals surface area (Å²) in [6, 6.07) is 7.46. The molecule has 0 bridgehead atoms. The standard InChI is InChI=1S/C13H21FN2/c1-10(2)15-9-13(16(3)4)11-6-5-7-12(14)8-11/h5-8,10,13,15H,9H2,1-4H3. The first-order valence-electron chi connectivity index (χ1n) is 5.66. The Morgan fingerprint density at radius 3 is 2.50 bits per heavy atom. The van der Waals surface area contributed by atoms with Gasteiger partial charge in [-0.05, 0) is 31.8 Å². The van der Waals surface area contributed by atoms with Gasteiger partial charge in [0.25, 0.3) is 0 Å². The SMILES string of the molecule is CC(C)NCC(c1cccc(F)c1)N(C)C. The fourth-order valence-electron chi connectivity index (χ4n) is 1.66. The van der Waals surface area contributed by atoms with E-state index in [9.17, 15) is 4.39 Å². The first-order chi connectivity index (χ1) is 7.50. The molecule has 1 unspecified atom stereocenters. The van der Waals surface area contributed by atoms with Gasteiger partial charge in [-0.25, -0.2) is 4.39 Å². The molecule has 90 valence electrons. The van der Waals surface area contributed by atoms with Crippen molar-refractivity contribution in [3.63, 3.8) is 0 Å². The molecule has 0 radical (unpaired) electrons. The molecule has 1 N–H and O–H groups in total. The average Bonchev–Trinajstić information content (AvgIpc) is 2.17. The molecule has 1 atom stereocenters. The van der Waals surface area contributed by atoms with Crippen molar-refractivity contribution in [3.05, 3.63) is 35.6 Å². The third-order valence-electron chi connectivity index (χ3n) is 2.58. The average molecular weight is 224 g/mol. The van der Waals surface area contributed by atoms with Crippen molar-refractivity contribution in [1.29, 1.82) is 0 Å². The van der Waals surface area contributed by atoms with Crippen LogP contribution in [0.15, 0.2) is 24.3 Å². The minimum atomic E-state index is -0.172. The molecule has 0 saturated carbocycles. The number of nitrogens with one attached hydrogen (secondary N) is 1. The van der Waals surface area contributed by atoms with E-state index in [0.29, 0.717) is 6.04 Å². The monoisotopic (exact) mass is 224 g/mol. The molecule has 1 aromatic rings. The van der Waals surface area contributed by atoms with Gasteiger partial charge in [-0.3, -0.25) is 0 Å². The second kappa shape index (κ2) is 5.97. The molecule has 0 heterocycles. The van der Waals surface area contributed by atoms with Crippen molar-refractivity contribution in [1.82, 2.24) is 10.2 Å². The lowest BCUT2D eigenvalue weighted by Crippen LogP contribution is -2.34. The molecule has 3 heteroatoms. The van der Waals surface area contributed by atoms with Gasteiger partial charge < -0.3 is 10.2 Å². The Hall–Kier alpha value is -0.930. The molecule has 1 aromatic carbocycles. The lowest BCUT2D eigenvalue weighted by molar-refractivity contribution is 0.282. The van der Waals surface area contributed by atoms with Gasteiger partial charge >= 0.3 is 0 Å². The summed E-state index contributed by atoms with van der Waals surface area (Å²) in [6.07, 6.45) is 0. The van der Waals surface area contributed by atoms with Crippen molar-refractivity contribution in [2.45, 2.75) is 25.9 Å². The first-order valence-corrected chi connectivity index (χ1v) is 5.66. The van der Waals surface area contributed by atoms with Crippen molar-refractivity contribution >= 4 is 0 Å². The van der Waals surface area contributed by atoms with E-state index >= 15 is 0 Å². The summed E-state index contributed by atoms with van der Waals surface area (Å²) in [7, 11) is 4.02. The number of hydrogen-bond acceptors (Lipinski definition) is 2. The predicted molar refractivity (Wildman–Crippen MR) is 66.0 cm³/mol. The molecule has 0 amide bonds. The number of halogens is 1. The summed E-state index contributed by atoms with van der Waals surface area (Å²) in [5.41, 5.74) is 1.01. The highest BCUT2D eigenvalue weighted by molar-refractivity contribution is 5.20. The highest BCUT2D eigenvalue weighted by atomic mass is 19.1. The largest absolute Gasteiger partial charge is 0.313 e. The van der Waals surface area contributed by atoms with Crippen molar-refractivity contribution < 1.29 is 4.39 Å². The Bertz CT molecular complexity index is 323. The zero-order valence-electron chi connectivity index (χ0n) is 10.5. The summed E-state index contributed by atoms with van der Waals surface area (Å²) in [5.74, 6) is -0.172. The number of likely N-dealkylation sites (N-methyl/N-ethyl adjacent to an activating group) is 1. The second-order valence-electron chi connectivity index (χ2n) is 4.60. The number of rotatable bonds is 5. The maximum atomic E-state index is 13.2. The van der Waals surface area contributed by atoms with Gasteiger partial charge in [-0.2, -0.15) is 0 Å². The fourth-order valence-corrected chi connectivity index (χ4v) is 1.66. The fraction of sp³-hybridized carbons (Fsp3) is 0.538. The van der Waals surface area contributed by atoms with Gasteiger partial charge in [0.05, 0.1) is 0 Å². The molecule has 0 aliphatic carbocycles. The molecule has 0 aliphatic rings. The maximum Gasteiger partial charge on any atom is 0.123 e. The zero-order valence-corrected chi connectivity index (χ0v) is 10.5. The topological polar surface area (TPSA) is 15.3 Å². The van der Waals surface area contributed by atoms with E-state index in [-0.39, 0.29) is 11.9 Å². The van der Waals surface area contributed by atoms with Crippen LogP contribution in [-0.2, 0) is 0 Å². The molecule has 16 heavy (non-hydrogen) atoms. The molecule has 0 aliphatic heterocycles. The Morgan fingerprint density at radius 1 is 1.31 bits per heavy atom. The van der Waals surface area contributed by atoms with Crippen LogP contribution in [0.1, 0.15) is 25.5 Å². The van der Waals surface area contributed by atoms with Crippen LogP contribution in [-0.4, -0.2) is 31.6 Å². The highest BCUT2D eigenvalue weighted by Crippen LogP contribution is 2.18. The van der Waals surface area contributed by atoms with Crippen molar-refractivity contribution in [3.8, 4) is 0 Å². The minimum Gasteiger partial charge on any atom is -0.313 e. The van der Waals surface area contributed by atoms with Crippen LogP contribution in [0, 0.1) is 5.82 Å². The van der Waals surface area contributed by atoms with Gasteiger partial charge in [-0.15, -0.1) is 0 Å². The van der Waals surface area contributed by atoms with Crippen LogP contribution >= 0.6 is 0 Å². The highest BCUT2D eigenvalue weighted by Gasteiger charge is 2.14. The smallest absolute Gasteiger partial charge is 0.123 e. The number of benzene rings is 1. The summed E-state index contributed by atoms with van der Waals surface area (Å²) >= 11 is 0. The van der Waals surface area contributed by atoms with Crippen molar-refractivity contribution in [2.75, 3.05) is 20.6 Å². The Balaban J connectivity index is 2.77. The summed E-state index contributed by atoms with van der Waals surface area (Å²) in [5, 5.41) is 3.38. The quantitative estimate of drug-likeness (QED) is 0.826. The Labute approximate surface area is 97.5 Å². The van der Waals surface area contributed by atoms with Gasteiger partial charge in [0.1, 0.15) is 5.82 Å². The van der Waals surface area contributed by atoms with Gasteiger partial charge in [-0.1, -0.05) is 26.0 Å². The number of hydrogen-bond donors (Lipinski definition) is 1. The van der Waals surface area contributed by atoms with E-state index in [1.807, 2.05) is 20.2 Å². The Kier molecular flexibility index (Phi) is 4.90. The second-order valence-corrected chi connectivity index (χ2v) is 4.60. The van der Waals surface area contributed by atoms with Gasteiger partial charge in [0.2, 0.25) is 0 Å². The maximum absolute atomic E-state index is 13.2. The lowest BCUT2D eigenvalue weighted by Gasteiger charge is -2.26. The Morgan fingerprint density at radius 2 is 2.00 bits per heavy atom. The molecule has 2 nitrogen and oxygen atoms in total. The lowest BCUT2D eigenvalue weighted by atomic mass is 10.1. The third kappa shape index (κ3) is 3.91. The minimum absolute atomic E-state index is 0.172. The molecule has 0 fully saturated rings. The van der Waals surface area contributed by atoms with Crippen LogP contribution in [0.25, 0.3) is 0 Å². The van der Waals surface area contributed by atoms with Crippen LogP contribution in [0.3, 0.4) is 0 Å². The van der Waals surface area contributed by atoms with Crippen LogP contribution in [0.4, 0.5) is 4.39 Å². The third-order valence-corrected chi connectivity index (χ3v) is 2.58. The normalized spacial score (nSPS) is 13.4. The molecule has 0 aromatic heterocycles. The molecule has 0 saturated heterocycles. The van der Waals surface area contributed by atoms with Crippen LogP contribution in [0.2, 0.25) is 0 Å². The van der Waals surface area contributed by atoms with E-state index in [0.717, 1.165) is 12.1 Å². The van der Waals surface area contributed by atoms with E-state index in [4.69, 9.17) is 0 Å². The predicted octanol–water partition coefficient (Wildman–Crippen LogP) is 2.43. The number of nitrogens with zero attached hydrogens (tertiary/aromatic N) is 1. The van der Waals surface area contributed by atoms with Crippen molar-refractivity contribution in [2.24, 2.45) is 0 Å². The molecular formula is C13H21FN2. The van der Waals surface area contributed by atoms with E-state index in [1.54, 1.807) is 12.1 Å². The van der Waals surface area contributed by atoms with Crippen LogP contribution in [0.5, 0.6) is 0 Å². The summed E-state index contributed by atoms with van der Waals surface area (Å²) < 4.78 is 13.2. The van der Waals surface area contributed by atoms with E-state index in [1.165, 1.54) is 6.07 Å². The molecule has 0 spiro atoms. The van der Waals surface area contributed by atoms with Gasteiger partial charge in [0.15, 0.2) is 0 Å². The molecular weight excluding hydrogens is 203 g/mol. The van der Waals surface area contributed by atoms with Gasteiger partial charge in [0, 0.05) is 18.6 Å². The zero-order chi connectivity index (χ0) is 12.1. The van der Waals surface area contributed by atoms with Crippen LogP contribution < -0.4 is 5.32 Å². The van der Waals surface area contributed by atoms with E-state index in [2.05, 4.69) is 24.1 Å². The molecule has 1 rings (SSSR count). The summed E-state index contributed by atoms with van der Waals surface area (Å²) in [6.45, 7) is 5.05. The van der Waals surface area contributed by atoms with E-state index < -0.39 is 0 Å².